The van der Waals surface area contributed by atoms with Crippen LogP contribution in [-0.2, 0) is 0 Å². The molecule has 1 saturated heterocycles. The monoisotopic (exact) mass is 254 g/mol. The molecule has 100 valence electrons. The van der Waals surface area contributed by atoms with Crippen molar-refractivity contribution in [1.29, 1.82) is 0 Å². The van der Waals surface area contributed by atoms with Gasteiger partial charge in [0, 0.05) is 11.6 Å². The van der Waals surface area contributed by atoms with Crippen LogP contribution in [0.2, 0.25) is 0 Å². The molecule has 0 aromatic heterocycles. The van der Waals surface area contributed by atoms with Gasteiger partial charge in [-0.05, 0) is 51.4 Å². The molecule has 0 amide bonds. The summed E-state index contributed by atoms with van der Waals surface area (Å²) < 4.78 is 26.9. The number of hydrogen-bond acceptors (Lipinski definition) is 2. The highest BCUT2D eigenvalue weighted by atomic mass is 19.2. The average molecular weight is 254 g/mol. The number of nitrogens with zero attached hydrogens (tertiary/aromatic N) is 1. The van der Waals surface area contributed by atoms with E-state index in [4.69, 9.17) is 5.73 Å². The predicted octanol–water partition coefficient (Wildman–Crippen LogP) is 2.70. The standard InChI is InChI=1S/C14H20F2N2/c1-10(12-3-2-4-13(15)14(12)16)18-7-5-11(9-17)6-8-18/h2-4,10-11H,5-9,17H2,1H3. The lowest BCUT2D eigenvalue weighted by atomic mass is 9.94. The van der Waals surface area contributed by atoms with Crippen LogP contribution in [0.1, 0.15) is 31.4 Å². The van der Waals surface area contributed by atoms with Crippen LogP contribution < -0.4 is 5.73 Å². The van der Waals surface area contributed by atoms with E-state index in [1.165, 1.54) is 0 Å². The molecule has 0 bridgehead atoms. The van der Waals surface area contributed by atoms with Crippen molar-refractivity contribution in [2.75, 3.05) is 19.6 Å². The summed E-state index contributed by atoms with van der Waals surface area (Å²) in [5.41, 5.74) is 6.10. The molecule has 1 aromatic carbocycles. The number of halogens is 2. The Morgan fingerprint density at radius 3 is 2.61 bits per heavy atom. The van der Waals surface area contributed by atoms with Crippen molar-refractivity contribution in [3.8, 4) is 0 Å². The van der Waals surface area contributed by atoms with Gasteiger partial charge >= 0.3 is 0 Å². The van der Waals surface area contributed by atoms with Gasteiger partial charge in [0.15, 0.2) is 11.6 Å². The number of benzene rings is 1. The molecule has 1 aromatic rings. The first-order chi connectivity index (χ1) is 8.63. The van der Waals surface area contributed by atoms with Gasteiger partial charge < -0.3 is 5.73 Å². The highest BCUT2D eigenvalue weighted by molar-refractivity contribution is 5.22. The predicted molar refractivity (Wildman–Crippen MR) is 68.1 cm³/mol. The summed E-state index contributed by atoms with van der Waals surface area (Å²) in [5, 5.41) is 0. The smallest absolute Gasteiger partial charge is 0.163 e. The van der Waals surface area contributed by atoms with E-state index in [-0.39, 0.29) is 6.04 Å². The van der Waals surface area contributed by atoms with Crippen LogP contribution in [0.4, 0.5) is 8.78 Å². The minimum Gasteiger partial charge on any atom is -0.330 e. The van der Waals surface area contributed by atoms with Gasteiger partial charge in [-0.3, -0.25) is 4.90 Å². The summed E-state index contributed by atoms with van der Waals surface area (Å²) in [5.74, 6) is -0.909. The third kappa shape index (κ3) is 2.70. The van der Waals surface area contributed by atoms with Crippen molar-refractivity contribution in [1.82, 2.24) is 4.90 Å². The van der Waals surface area contributed by atoms with Gasteiger partial charge in [-0.1, -0.05) is 12.1 Å². The van der Waals surface area contributed by atoms with Crippen LogP contribution in [0.5, 0.6) is 0 Å². The van der Waals surface area contributed by atoms with E-state index in [0.29, 0.717) is 11.5 Å². The van der Waals surface area contributed by atoms with E-state index in [2.05, 4.69) is 4.90 Å². The Morgan fingerprint density at radius 1 is 1.33 bits per heavy atom. The highest BCUT2D eigenvalue weighted by Gasteiger charge is 2.25. The molecule has 1 fully saturated rings. The normalized spacial score (nSPS) is 20.0. The fourth-order valence-electron chi connectivity index (χ4n) is 2.62. The number of likely N-dealkylation sites (tertiary alicyclic amines) is 1. The first kappa shape index (κ1) is 13.4. The summed E-state index contributed by atoms with van der Waals surface area (Å²) in [6.07, 6.45) is 2.08. The van der Waals surface area contributed by atoms with Gasteiger partial charge in [-0.15, -0.1) is 0 Å². The summed E-state index contributed by atoms with van der Waals surface area (Å²) >= 11 is 0. The van der Waals surface area contributed by atoms with E-state index < -0.39 is 11.6 Å². The van der Waals surface area contributed by atoms with E-state index in [1.54, 1.807) is 12.1 Å². The molecule has 2 nitrogen and oxygen atoms in total. The van der Waals surface area contributed by atoms with Crippen molar-refractivity contribution in [2.24, 2.45) is 11.7 Å². The summed E-state index contributed by atoms with van der Waals surface area (Å²) in [4.78, 5) is 2.20. The second-order valence-corrected chi connectivity index (χ2v) is 5.03. The topological polar surface area (TPSA) is 29.3 Å². The van der Waals surface area contributed by atoms with Gasteiger partial charge in [0.05, 0.1) is 0 Å². The summed E-state index contributed by atoms with van der Waals surface area (Å²) in [6, 6.07) is 4.31. The Kier molecular flexibility index (Phi) is 4.30. The molecule has 0 aliphatic carbocycles. The van der Waals surface area contributed by atoms with Crippen molar-refractivity contribution < 1.29 is 8.78 Å². The third-order valence-electron chi connectivity index (χ3n) is 3.96. The highest BCUT2D eigenvalue weighted by Crippen LogP contribution is 2.28. The Labute approximate surface area is 107 Å². The molecular weight excluding hydrogens is 234 g/mol. The molecule has 2 N–H and O–H groups in total. The average Bonchev–Trinajstić information content (AvgIpc) is 2.41. The molecule has 4 heteroatoms. The maximum absolute atomic E-state index is 13.7. The van der Waals surface area contributed by atoms with Crippen molar-refractivity contribution in [2.45, 2.75) is 25.8 Å². The summed E-state index contributed by atoms with van der Waals surface area (Å²) in [6.45, 7) is 4.45. The maximum atomic E-state index is 13.7. The lowest BCUT2D eigenvalue weighted by Crippen LogP contribution is -2.37. The molecule has 2 rings (SSSR count). The zero-order valence-corrected chi connectivity index (χ0v) is 10.7. The quantitative estimate of drug-likeness (QED) is 0.898. The van der Waals surface area contributed by atoms with E-state index in [0.717, 1.165) is 38.5 Å². The SMILES string of the molecule is CC(c1cccc(F)c1F)N1CCC(CN)CC1. The van der Waals surface area contributed by atoms with Crippen molar-refractivity contribution >= 4 is 0 Å². The van der Waals surface area contributed by atoms with E-state index in [9.17, 15) is 8.78 Å². The zero-order chi connectivity index (χ0) is 13.1. The molecule has 1 atom stereocenters. The molecule has 0 saturated carbocycles. The fraction of sp³-hybridized carbons (Fsp3) is 0.571. The van der Waals surface area contributed by atoms with Crippen molar-refractivity contribution in [3.05, 3.63) is 35.4 Å². The van der Waals surface area contributed by atoms with Gasteiger partial charge in [-0.25, -0.2) is 8.78 Å². The number of hydrogen-bond donors (Lipinski definition) is 1. The molecule has 0 spiro atoms. The van der Waals surface area contributed by atoms with Crippen LogP contribution >= 0.6 is 0 Å². The molecule has 1 heterocycles. The second-order valence-electron chi connectivity index (χ2n) is 5.03. The summed E-state index contributed by atoms with van der Waals surface area (Å²) in [7, 11) is 0. The largest absolute Gasteiger partial charge is 0.330 e. The molecule has 1 aliphatic rings. The van der Waals surface area contributed by atoms with Crippen LogP contribution in [0, 0.1) is 17.6 Å². The van der Waals surface area contributed by atoms with Gasteiger partial charge in [0.25, 0.3) is 0 Å². The Hall–Kier alpha value is -1.00. The Balaban J connectivity index is 2.08. The molecule has 0 radical (unpaired) electrons. The lowest BCUT2D eigenvalue weighted by Gasteiger charge is -2.36. The fourth-order valence-corrected chi connectivity index (χ4v) is 2.62. The molecule has 18 heavy (non-hydrogen) atoms. The van der Waals surface area contributed by atoms with Crippen LogP contribution in [-0.4, -0.2) is 24.5 Å². The van der Waals surface area contributed by atoms with Crippen LogP contribution in [0.25, 0.3) is 0 Å². The number of rotatable bonds is 3. The molecular formula is C14H20F2N2. The van der Waals surface area contributed by atoms with Crippen LogP contribution in [0.3, 0.4) is 0 Å². The van der Waals surface area contributed by atoms with Gasteiger partial charge in [-0.2, -0.15) is 0 Å². The van der Waals surface area contributed by atoms with Gasteiger partial charge in [0.2, 0.25) is 0 Å². The van der Waals surface area contributed by atoms with Crippen LogP contribution in [0.15, 0.2) is 18.2 Å². The maximum Gasteiger partial charge on any atom is 0.163 e. The van der Waals surface area contributed by atoms with E-state index in [1.807, 2.05) is 6.92 Å². The minimum absolute atomic E-state index is 0.0839. The lowest BCUT2D eigenvalue weighted by molar-refractivity contribution is 0.141. The second kappa shape index (κ2) is 5.76. The first-order valence-corrected chi connectivity index (χ1v) is 6.51. The first-order valence-electron chi connectivity index (χ1n) is 6.51. The Bertz CT molecular complexity index is 401. The van der Waals surface area contributed by atoms with E-state index >= 15 is 0 Å². The zero-order valence-electron chi connectivity index (χ0n) is 10.7. The molecule has 1 unspecified atom stereocenters. The number of piperidine rings is 1. The minimum atomic E-state index is -0.767. The van der Waals surface area contributed by atoms with Gasteiger partial charge in [0.1, 0.15) is 0 Å². The Morgan fingerprint density at radius 2 is 2.00 bits per heavy atom. The molecule has 1 aliphatic heterocycles. The van der Waals surface area contributed by atoms with Crippen molar-refractivity contribution in [3.63, 3.8) is 0 Å². The number of nitrogens with two attached hydrogens (primary N) is 1. The third-order valence-corrected chi connectivity index (χ3v) is 3.96.